The van der Waals surface area contributed by atoms with Crippen LogP contribution in [0.25, 0.3) is 0 Å². The first-order valence-corrected chi connectivity index (χ1v) is 0.928. The lowest BCUT2D eigenvalue weighted by Gasteiger charge is -1.59. The Balaban J connectivity index is -0.0000000450. The number of halogens is 2. The number of hydrogen-bond donors (Lipinski definition) is 1. The van der Waals surface area contributed by atoms with Crippen molar-refractivity contribution >= 4 is 39.9 Å². The van der Waals surface area contributed by atoms with Gasteiger partial charge in [-0.3, -0.25) is 4.79 Å². The van der Waals surface area contributed by atoms with Gasteiger partial charge in [-0.15, -0.1) is 34.0 Å². The van der Waals surface area contributed by atoms with Crippen molar-refractivity contribution in [3.63, 3.8) is 0 Å². The van der Waals surface area contributed by atoms with Crippen LogP contribution in [0.3, 0.4) is 0 Å². The average molecular weight is 222 g/mol. The molecular formula is C2H6Br2O2. The Kier molecular flexibility index (Phi) is 24.3. The molecule has 2 nitrogen and oxygen atoms in total. The van der Waals surface area contributed by atoms with Gasteiger partial charge in [0.25, 0.3) is 5.97 Å². The van der Waals surface area contributed by atoms with Crippen molar-refractivity contribution in [3.8, 4) is 0 Å². The standard InChI is InChI=1S/C2H4O2.2BrH/c1-2(3)4;;/h1H3,(H,3,4);2*1H. The third-order valence-corrected chi connectivity index (χ3v) is 0. The smallest absolute Gasteiger partial charge is 0.300 e. The topological polar surface area (TPSA) is 37.3 Å². The zero-order chi connectivity index (χ0) is 3.58. The van der Waals surface area contributed by atoms with Crippen molar-refractivity contribution < 1.29 is 9.90 Å². The lowest BCUT2D eigenvalue weighted by Crippen LogP contribution is -1.78. The average Bonchev–Trinajstić information content (AvgIpc) is 0.811. The molecule has 0 unspecified atom stereocenters. The Morgan fingerprint density at radius 3 is 1.50 bits per heavy atom. The Morgan fingerprint density at radius 2 is 1.50 bits per heavy atom. The molecule has 0 aliphatic carbocycles. The number of carboxylic acids is 1. The zero-order valence-corrected chi connectivity index (χ0v) is 6.60. The summed E-state index contributed by atoms with van der Waals surface area (Å²) in [7, 11) is 0. The normalized spacial score (nSPS) is 4.17. The van der Waals surface area contributed by atoms with E-state index in [-0.39, 0.29) is 34.0 Å². The molecule has 0 aliphatic rings. The van der Waals surface area contributed by atoms with Gasteiger partial charge in [0.05, 0.1) is 0 Å². The fourth-order valence-electron chi connectivity index (χ4n) is 0. The van der Waals surface area contributed by atoms with Gasteiger partial charge in [0.15, 0.2) is 0 Å². The summed E-state index contributed by atoms with van der Waals surface area (Å²) in [5.41, 5.74) is 0. The maximum absolute atomic E-state index is 9.00. The molecule has 0 fully saturated rings. The van der Waals surface area contributed by atoms with Crippen LogP contribution >= 0.6 is 34.0 Å². The highest BCUT2D eigenvalue weighted by Crippen LogP contribution is 1.42. The van der Waals surface area contributed by atoms with E-state index in [2.05, 4.69) is 0 Å². The van der Waals surface area contributed by atoms with Gasteiger partial charge in [-0.25, -0.2) is 0 Å². The third-order valence-electron chi connectivity index (χ3n) is 0. The highest BCUT2D eigenvalue weighted by Gasteiger charge is 1.65. The van der Waals surface area contributed by atoms with Crippen LogP contribution in [0.4, 0.5) is 0 Å². The van der Waals surface area contributed by atoms with Gasteiger partial charge in [-0.05, 0) is 0 Å². The van der Waals surface area contributed by atoms with Crippen molar-refractivity contribution in [1.82, 2.24) is 0 Å². The van der Waals surface area contributed by atoms with Crippen LogP contribution in [0.5, 0.6) is 0 Å². The van der Waals surface area contributed by atoms with Crippen LogP contribution in [-0.2, 0) is 4.79 Å². The summed E-state index contributed by atoms with van der Waals surface area (Å²) in [5.74, 6) is -0.833. The molecule has 0 saturated heterocycles. The summed E-state index contributed by atoms with van der Waals surface area (Å²) in [4.78, 5) is 9.00. The highest BCUT2D eigenvalue weighted by molar-refractivity contribution is 8.93. The van der Waals surface area contributed by atoms with E-state index in [1.165, 1.54) is 0 Å². The van der Waals surface area contributed by atoms with E-state index in [1.807, 2.05) is 0 Å². The largest absolute Gasteiger partial charge is 0.481 e. The second-order valence-corrected chi connectivity index (χ2v) is 0.519. The van der Waals surface area contributed by atoms with Crippen LogP contribution in [0.2, 0.25) is 0 Å². The van der Waals surface area contributed by atoms with Gasteiger partial charge in [-0.2, -0.15) is 0 Å². The van der Waals surface area contributed by atoms with Gasteiger partial charge in [0.2, 0.25) is 0 Å². The molecule has 0 saturated carbocycles. The lowest BCUT2D eigenvalue weighted by molar-refractivity contribution is -0.134. The number of carboxylic acid groups (broad SMARTS) is 1. The minimum atomic E-state index is -0.833. The molecule has 0 atom stereocenters. The van der Waals surface area contributed by atoms with E-state index in [0.29, 0.717) is 0 Å². The second-order valence-electron chi connectivity index (χ2n) is 0.519. The molecule has 1 N–H and O–H groups in total. The van der Waals surface area contributed by atoms with Gasteiger partial charge < -0.3 is 5.11 Å². The fourth-order valence-corrected chi connectivity index (χ4v) is 0. The predicted molar refractivity (Wildman–Crippen MR) is 34.0 cm³/mol. The summed E-state index contributed by atoms with van der Waals surface area (Å²) in [6.45, 7) is 1.08. The Morgan fingerprint density at radius 1 is 1.50 bits per heavy atom. The van der Waals surface area contributed by atoms with E-state index < -0.39 is 5.97 Å². The lowest BCUT2D eigenvalue weighted by atomic mass is 10.9. The summed E-state index contributed by atoms with van der Waals surface area (Å²) in [6, 6.07) is 0. The van der Waals surface area contributed by atoms with Crippen molar-refractivity contribution in [2.75, 3.05) is 0 Å². The molecule has 40 valence electrons. The van der Waals surface area contributed by atoms with E-state index in [1.54, 1.807) is 0 Å². The van der Waals surface area contributed by atoms with Crippen molar-refractivity contribution in [2.45, 2.75) is 6.92 Å². The molecule has 0 aliphatic heterocycles. The van der Waals surface area contributed by atoms with Gasteiger partial charge >= 0.3 is 0 Å². The quantitative estimate of drug-likeness (QED) is 0.669. The Bertz CT molecular complexity index is 32.5. The Hall–Kier alpha value is 0.430. The highest BCUT2D eigenvalue weighted by atomic mass is 79.9. The molecule has 0 rings (SSSR count). The molecule has 0 aromatic rings. The first-order chi connectivity index (χ1) is 1.73. The van der Waals surface area contributed by atoms with Crippen molar-refractivity contribution in [2.24, 2.45) is 0 Å². The monoisotopic (exact) mass is 220 g/mol. The van der Waals surface area contributed by atoms with E-state index >= 15 is 0 Å². The molecule has 0 spiro atoms. The summed E-state index contributed by atoms with van der Waals surface area (Å²) >= 11 is 0. The molecular weight excluding hydrogens is 216 g/mol. The molecule has 0 aromatic carbocycles. The van der Waals surface area contributed by atoms with Crippen LogP contribution in [0.1, 0.15) is 6.92 Å². The molecule has 0 bridgehead atoms. The van der Waals surface area contributed by atoms with Crippen LogP contribution in [0, 0.1) is 0 Å². The molecule has 0 radical (unpaired) electrons. The number of carbonyl (C=O) groups is 1. The number of rotatable bonds is 0. The number of hydrogen-bond acceptors (Lipinski definition) is 1. The maximum atomic E-state index is 9.00. The molecule has 6 heavy (non-hydrogen) atoms. The van der Waals surface area contributed by atoms with E-state index in [4.69, 9.17) is 9.90 Å². The minimum absolute atomic E-state index is 0. The summed E-state index contributed by atoms with van der Waals surface area (Å²) < 4.78 is 0. The molecule has 4 heteroatoms. The molecule has 0 aromatic heterocycles. The van der Waals surface area contributed by atoms with Crippen LogP contribution in [-0.4, -0.2) is 11.1 Å². The summed E-state index contributed by atoms with van der Waals surface area (Å²) in [6.07, 6.45) is 0. The first kappa shape index (κ1) is 16.1. The maximum Gasteiger partial charge on any atom is 0.300 e. The first-order valence-electron chi connectivity index (χ1n) is 0.928. The molecule has 0 heterocycles. The van der Waals surface area contributed by atoms with Gasteiger partial charge in [0.1, 0.15) is 0 Å². The molecule has 0 amide bonds. The Labute approximate surface area is 57.1 Å². The number of aliphatic carboxylic acids is 1. The van der Waals surface area contributed by atoms with E-state index in [0.717, 1.165) is 6.92 Å². The SMILES string of the molecule is Br.Br.CC(=O)O. The van der Waals surface area contributed by atoms with Crippen molar-refractivity contribution in [1.29, 1.82) is 0 Å². The van der Waals surface area contributed by atoms with E-state index in [9.17, 15) is 0 Å². The zero-order valence-electron chi connectivity index (χ0n) is 3.17. The van der Waals surface area contributed by atoms with Gasteiger partial charge in [0, 0.05) is 6.92 Å². The second kappa shape index (κ2) is 9.06. The predicted octanol–water partition coefficient (Wildman–Crippen LogP) is 1.25. The summed E-state index contributed by atoms with van der Waals surface area (Å²) in [5, 5.41) is 7.42. The van der Waals surface area contributed by atoms with Gasteiger partial charge in [-0.1, -0.05) is 0 Å². The third kappa shape index (κ3) is 282. The minimum Gasteiger partial charge on any atom is -0.481 e. The van der Waals surface area contributed by atoms with Crippen molar-refractivity contribution in [3.05, 3.63) is 0 Å². The van der Waals surface area contributed by atoms with Crippen LogP contribution in [0.15, 0.2) is 0 Å². The van der Waals surface area contributed by atoms with Crippen LogP contribution < -0.4 is 0 Å². The fraction of sp³-hybridized carbons (Fsp3) is 0.500.